The standard InChI is InChI=1S/C20H29N3O3/c1-14-6-7-18(11-15(14)2)23-13-16(12-19(23)25)21-20(26)22-9-4-3-5-17(22)8-10-24/h6-7,11,16-17,24H,3-5,8-10,12-13H2,1-2H3,(H,21,26)/t16-,17+/m0/s1. The SMILES string of the molecule is Cc1ccc(N2C[C@@H](NC(=O)N3CCCC[C@@H]3CCO)CC2=O)cc1C. The molecule has 6 heteroatoms. The number of aliphatic hydroxyl groups excluding tert-OH is 1. The molecule has 6 nitrogen and oxygen atoms in total. The van der Waals surface area contributed by atoms with Gasteiger partial charge in [-0.1, -0.05) is 6.07 Å². The van der Waals surface area contributed by atoms with Gasteiger partial charge >= 0.3 is 6.03 Å². The average molecular weight is 359 g/mol. The number of aryl methyl sites for hydroxylation is 2. The van der Waals surface area contributed by atoms with Crippen molar-refractivity contribution in [2.45, 2.75) is 58.0 Å². The molecule has 142 valence electrons. The van der Waals surface area contributed by atoms with E-state index >= 15 is 0 Å². The normalized spacial score (nSPS) is 23.4. The molecule has 3 amide bonds. The lowest BCUT2D eigenvalue weighted by Gasteiger charge is -2.36. The van der Waals surface area contributed by atoms with Crippen LogP contribution >= 0.6 is 0 Å². The van der Waals surface area contributed by atoms with Crippen molar-refractivity contribution in [1.29, 1.82) is 0 Å². The number of piperidine rings is 1. The van der Waals surface area contributed by atoms with Crippen molar-refractivity contribution in [3.05, 3.63) is 29.3 Å². The average Bonchev–Trinajstić information content (AvgIpc) is 2.98. The van der Waals surface area contributed by atoms with E-state index < -0.39 is 0 Å². The highest BCUT2D eigenvalue weighted by Crippen LogP contribution is 2.25. The summed E-state index contributed by atoms with van der Waals surface area (Å²) in [6.07, 6.45) is 3.97. The van der Waals surface area contributed by atoms with Crippen LogP contribution in [0.15, 0.2) is 18.2 Å². The summed E-state index contributed by atoms with van der Waals surface area (Å²) in [5.41, 5.74) is 3.25. The van der Waals surface area contributed by atoms with Gasteiger partial charge in [0.15, 0.2) is 0 Å². The molecule has 0 unspecified atom stereocenters. The van der Waals surface area contributed by atoms with E-state index in [1.165, 1.54) is 5.56 Å². The predicted octanol–water partition coefficient (Wildman–Crippen LogP) is 2.36. The summed E-state index contributed by atoms with van der Waals surface area (Å²) in [5.74, 6) is 0.0455. The minimum absolute atomic E-state index is 0.0455. The molecule has 2 aliphatic heterocycles. The van der Waals surface area contributed by atoms with E-state index in [4.69, 9.17) is 0 Å². The lowest BCUT2D eigenvalue weighted by atomic mass is 10.00. The number of nitrogens with one attached hydrogen (secondary N) is 1. The van der Waals surface area contributed by atoms with Gasteiger partial charge in [-0.2, -0.15) is 0 Å². The molecule has 2 aliphatic rings. The number of hydrogen-bond donors (Lipinski definition) is 2. The lowest BCUT2D eigenvalue weighted by Crippen LogP contribution is -2.52. The van der Waals surface area contributed by atoms with E-state index in [1.54, 1.807) is 4.90 Å². The first kappa shape index (κ1) is 18.7. The summed E-state index contributed by atoms with van der Waals surface area (Å²) < 4.78 is 0. The van der Waals surface area contributed by atoms with Gasteiger partial charge in [0.2, 0.25) is 5.91 Å². The molecule has 26 heavy (non-hydrogen) atoms. The van der Waals surface area contributed by atoms with Gasteiger partial charge in [0.25, 0.3) is 0 Å². The van der Waals surface area contributed by atoms with Crippen molar-refractivity contribution in [2.75, 3.05) is 24.6 Å². The number of urea groups is 1. The second kappa shape index (κ2) is 8.08. The van der Waals surface area contributed by atoms with Crippen molar-refractivity contribution < 1.29 is 14.7 Å². The van der Waals surface area contributed by atoms with E-state index in [0.29, 0.717) is 19.4 Å². The molecule has 2 atom stereocenters. The number of hydrogen-bond acceptors (Lipinski definition) is 3. The Morgan fingerprint density at radius 2 is 2.08 bits per heavy atom. The summed E-state index contributed by atoms with van der Waals surface area (Å²) in [4.78, 5) is 28.7. The highest BCUT2D eigenvalue weighted by molar-refractivity contribution is 5.97. The van der Waals surface area contributed by atoms with E-state index in [1.807, 2.05) is 30.0 Å². The molecule has 0 aromatic heterocycles. The van der Waals surface area contributed by atoms with Gasteiger partial charge in [-0.15, -0.1) is 0 Å². The van der Waals surface area contributed by atoms with Gasteiger partial charge in [0.05, 0.1) is 6.04 Å². The van der Waals surface area contributed by atoms with Gasteiger partial charge in [-0.05, 0) is 62.8 Å². The summed E-state index contributed by atoms with van der Waals surface area (Å²) in [7, 11) is 0. The number of carbonyl (C=O) groups is 2. The van der Waals surface area contributed by atoms with Crippen LogP contribution in [0, 0.1) is 13.8 Å². The minimum atomic E-state index is -0.173. The zero-order valence-corrected chi connectivity index (χ0v) is 15.7. The van der Waals surface area contributed by atoms with Crippen LogP contribution in [0.3, 0.4) is 0 Å². The zero-order chi connectivity index (χ0) is 18.7. The van der Waals surface area contributed by atoms with Crippen molar-refractivity contribution in [2.24, 2.45) is 0 Å². The first-order valence-electron chi connectivity index (χ1n) is 9.55. The molecule has 0 radical (unpaired) electrons. The Morgan fingerprint density at radius 1 is 1.27 bits per heavy atom. The molecule has 2 N–H and O–H groups in total. The second-order valence-corrected chi connectivity index (χ2v) is 7.48. The summed E-state index contributed by atoms with van der Waals surface area (Å²) in [6, 6.07) is 5.83. The lowest BCUT2D eigenvalue weighted by molar-refractivity contribution is -0.117. The molecule has 2 saturated heterocycles. The maximum Gasteiger partial charge on any atom is 0.317 e. The van der Waals surface area contributed by atoms with Crippen LogP contribution in [0.4, 0.5) is 10.5 Å². The van der Waals surface area contributed by atoms with E-state index in [2.05, 4.69) is 12.2 Å². The Labute approximate surface area is 155 Å². The molecule has 0 saturated carbocycles. The molecule has 0 aliphatic carbocycles. The number of amides is 3. The van der Waals surface area contributed by atoms with Crippen LogP contribution in [0.5, 0.6) is 0 Å². The van der Waals surface area contributed by atoms with Crippen molar-refractivity contribution in [1.82, 2.24) is 10.2 Å². The molecule has 0 bridgehead atoms. The number of benzene rings is 1. The van der Waals surface area contributed by atoms with E-state index in [-0.39, 0.29) is 30.6 Å². The van der Waals surface area contributed by atoms with Gasteiger partial charge in [0.1, 0.15) is 0 Å². The highest BCUT2D eigenvalue weighted by atomic mass is 16.3. The van der Waals surface area contributed by atoms with Crippen LogP contribution in [-0.4, -0.2) is 53.7 Å². The number of rotatable bonds is 4. The van der Waals surface area contributed by atoms with Crippen LogP contribution in [0.25, 0.3) is 0 Å². The quantitative estimate of drug-likeness (QED) is 0.867. The first-order valence-corrected chi connectivity index (χ1v) is 9.55. The maximum atomic E-state index is 12.7. The smallest absolute Gasteiger partial charge is 0.317 e. The van der Waals surface area contributed by atoms with Crippen molar-refractivity contribution in [3.63, 3.8) is 0 Å². The fourth-order valence-corrected chi connectivity index (χ4v) is 3.92. The second-order valence-electron chi connectivity index (χ2n) is 7.48. The van der Waals surface area contributed by atoms with Crippen LogP contribution in [0.1, 0.15) is 43.2 Å². The molecule has 2 fully saturated rings. The number of anilines is 1. The molecule has 1 aromatic rings. The van der Waals surface area contributed by atoms with Crippen molar-refractivity contribution >= 4 is 17.6 Å². The Kier molecular flexibility index (Phi) is 5.81. The predicted molar refractivity (Wildman–Crippen MR) is 101 cm³/mol. The summed E-state index contributed by atoms with van der Waals surface area (Å²) >= 11 is 0. The molecular formula is C20H29N3O3. The fourth-order valence-electron chi connectivity index (χ4n) is 3.92. The third kappa shape index (κ3) is 4.01. The number of aliphatic hydroxyl groups is 1. The van der Waals surface area contributed by atoms with Crippen LogP contribution < -0.4 is 10.2 Å². The molecular weight excluding hydrogens is 330 g/mol. The third-order valence-corrected chi connectivity index (χ3v) is 5.61. The maximum absolute atomic E-state index is 12.7. The Morgan fingerprint density at radius 3 is 2.81 bits per heavy atom. The minimum Gasteiger partial charge on any atom is -0.396 e. The van der Waals surface area contributed by atoms with Gasteiger partial charge in [-0.25, -0.2) is 4.79 Å². The highest BCUT2D eigenvalue weighted by Gasteiger charge is 2.34. The third-order valence-electron chi connectivity index (χ3n) is 5.61. The molecule has 0 spiro atoms. The summed E-state index contributed by atoms with van der Waals surface area (Å²) in [6.45, 7) is 5.41. The molecule has 2 heterocycles. The molecule has 3 rings (SSSR count). The topological polar surface area (TPSA) is 72.9 Å². The Balaban J connectivity index is 1.63. The summed E-state index contributed by atoms with van der Waals surface area (Å²) in [5, 5.41) is 12.3. The Hall–Kier alpha value is -2.08. The fraction of sp³-hybridized carbons (Fsp3) is 0.600. The monoisotopic (exact) mass is 359 g/mol. The van der Waals surface area contributed by atoms with Gasteiger partial charge < -0.3 is 20.2 Å². The molecule has 1 aromatic carbocycles. The van der Waals surface area contributed by atoms with E-state index in [9.17, 15) is 14.7 Å². The van der Waals surface area contributed by atoms with Crippen molar-refractivity contribution in [3.8, 4) is 0 Å². The number of carbonyl (C=O) groups excluding carboxylic acids is 2. The Bertz CT molecular complexity index is 674. The largest absolute Gasteiger partial charge is 0.396 e. The zero-order valence-electron chi connectivity index (χ0n) is 15.7. The van der Waals surface area contributed by atoms with Gasteiger partial charge in [-0.3, -0.25) is 4.79 Å². The van der Waals surface area contributed by atoms with Crippen LogP contribution in [-0.2, 0) is 4.79 Å². The number of nitrogens with zero attached hydrogens (tertiary/aromatic N) is 2. The van der Waals surface area contributed by atoms with Gasteiger partial charge in [0, 0.05) is 37.8 Å². The first-order chi connectivity index (χ1) is 12.5. The number of likely N-dealkylation sites (tertiary alicyclic amines) is 1. The van der Waals surface area contributed by atoms with E-state index in [0.717, 1.165) is 37.1 Å². The van der Waals surface area contributed by atoms with Crippen LogP contribution in [0.2, 0.25) is 0 Å².